The number of hydrogen-bond acceptors (Lipinski definition) is 5. The average molecular weight is 359 g/mol. The lowest BCUT2D eigenvalue weighted by molar-refractivity contribution is -0.133. The van der Waals surface area contributed by atoms with Crippen LogP contribution in [0.25, 0.3) is 0 Å². The van der Waals surface area contributed by atoms with E-state index in [4.69, 9.17) is 14.2 Å². The van der Waals surface area contributed by atoms with E-state index in [9.17, 15) is 9.90 Å². The number of methoxy groups -OCH3 is 2. The number of benzene rings is 2. The second-order valence-electron chi connectivity index (χ2n) is 6.01. The highest BCUT2D eigenvalue weighted by Crippen LogP contribution is 2.30. The van der Waals surface area contributed by atoms with Gasteiger partial charge >= 0.3 is 0 Å². The molecule has 1 atom stereocenters. The normalized spacial score (nSPS) is 11.6. The maximum atomic E-state index is 12.2. The molecular formula is C20H25NO5. The number of aryl methyl sites for hydroxylation is 1. The molecule has 0 fully saturated rings. The molecule has 0 saturated heterocycles. The second-order valence-corrected chi connectivity index (χ2v) is 6.01. The van der Waals surface area contributed by atoms with Crippen LogP contribution >= 0.6 is 0 Å². The van der Waals surface area contributed by atoms with Crippen molar-refractivity contribution in [1.29, 1.82) is 0 Å². The van der Waals surface area contributed by atoms with Gasteiger partial charge in [-0.05, 0) is 36.8 Å². The third kappa shape index (κ3) is 5.13. The molecule has 2 aromatic rings. The Morgan fingerprint density at radius 3 is 2.35 bits per heavy atom. The van der Waals surface area contributed by atoms with Crippen LogP contribution in [-0.4, -0.2) is 50.3 Å². The molecule has 26 heavy (non-hydrogen) atoms. The minimum absolute atomic E-state index is 0.0851. The number of aliphatic hydroxyl groups is 1. The summed E-state index contributed by atoms with van der Waals surface area (Å²) in [6, 6.07) is 12.6. The van der Waals surface area contributed by atoms with E-state index in [1.54, 1.807) is 32.4 Å². The molecule has 0 aliphatic rings. The molecule has 2 aromatic carbocycles. The first-order valence-corrected chi connectivity index (χ1v) is 8.28. The molecule has 0 aliphatic heterocycles. The summed E-state index contributed by atoms with van der Waals surface area (Å²) >= 11 is 0. The van der Waals surface area contributed by atoms with E-state index in [2.05, 4.69) is 0 Å². The second kappa shape index (κ2) is 9.10. The lowest BCUT2D eigenvalue weighted by Gasteiger charge is -2.22. The van der Waals surface area contributed by atoms with Crippen LogP contribution in [-0.2, 0) is 4.79 Å². The van der Waals surface area contributed by atoms with Gasteiger partial charge in [0.15, 0.2) is 18.1 Å². The summed E-state index contributed by atoms with van der Waals surface area (Å²) in [6.07, 6.45) is -0.844. The van der Waals surface area contributed by atoms with Crippen LogP contribution in [0.3, 0.4) is 0 Å². The van der Waals surface area contributed by atoms with Crippen molar-refractivity contribution in [3.05, 3.63) is 53.6 Å². The van der Waals surface area contributed by atoms with Gasteiger partial charge in [-0.25, -0.2) is 0 Å². The Balaban J connectivity index is 1.92. The van der Waals surface area contributed by atoms with Crippen molar-refractivity contribution in [3.63, 3.8) is 0 Å². The molecule has 1 N–H and O–H groups in total. The van der Waals surface area contributed by atoms with Crippen molar-refractivity contribution >= 4 is 5.91 Å². The number of likely N-dealkylation sites (N-methyl/N-ethyl adjacent to an activating group) is 1. The summed E-state index contributed by atoms with van der Waals surface area (Å²) in [6.45, 7) is 2.04. The highest BCUT2D eigenvalue weighted by Gasteiger charge is 2.17. The summed E-state index contributed by atoms with van der Waals surface area (Å²) in [5.74, 6) is 1.53. The van der Waals surface area contributed by atoms with E-state index in [-0.39, 0.29) is 19.1 Å². The standard InChI is InChI=1S/C20H25NO5/c1-14-5-8-16(9-6-14)26-13-20(23)21(2)12-17(22)15-7-10-18(24-3)19(11-15)25-4/h5-11,17,22H,12-13H2,1-4H3. The van der Waals surface area contributed by atoms with Gasteiger partial charge in [-0.2, -0.15) is 0 Å². The fourth-order valence-corrected chi connectivity index (χ4v) is 2.42. The van der Waals surface area contributed by atoms with Gasteiger partial charge in [0.1, 0.15) is 5.75 Å². The fraction of sp³-hybridized carbons (Fsp3) is 0.350. The van der Waals surface area contributed by atoms with Crippen LogP contribution < -0.4 is 14.2 Å². The number of nitrogens with zero attached hydrogens (tertiary/aromatic N) is 1. The summed E-state index contributed by atoms with van der Waals surface area (Å²) in [7, 11) is 4.71. The van der Waals surface area contributed by atoms with Crippen molar-refractivity contribution in [2.45, 2.75) is 13.0 Å². The number of amides is 1. The molecule has 1 unspecified atom stereocenters. The van der Waals surface area contributed by atoms with Crippen molar-refractivity contribution in [3.8, 4) is 17.2 Å². The topological polar surface area (TPSA) is 68.2 Å². The average Bonchev–Trinajstić information content (AvgIpc) is 2.66. The van der Waals surface area contributed by atoms with Crippen molar-refractivity contribution < 1.29 is 24.1 Å². The quantitative estimate of drug-likeness (QED) is 0.785. The molecule has 0 aliphatic carbocycles. The maximum absolute atomic E-state index is 12.2. The first-order valence-electron chi connectivity index (χ1n) is 8.28. The number of carbonyl (C=O) groups is 1. The van der Waals surface area contributed by atoms with Gasteiger partial charge in [-0.15, -0.1) is 0 Å². The van der Waals surface area contributed by atoms with Crippen LogP contribution in [0.5, 0.6) is 17.2 Å². The summed E-state index contributed by atoms with van der Waals surface area (Å²) in [4.78, 5) is 13.7. The molecular weight excluding hydrogens is 334 g/mol. The minimum Gasteiger partial charge on any atom is -0.493 e. The van der Waals surface area contributed by atoms with Crippen molar-refractivity contribution in [2.24, 2.45) is 0 Å². The minimum atomic E-state index is -0.844. The number of ether oxygens (including phenoxy) is 3. The maximum Gasteiger partial charge on any atom is 0.260 e. The lowest BCUT2D eigenvalue weighted by atomic mass is 10.1. The molecule has 0 spiro atoms. The van der Waals surface area contributed by atoms with Gasteiger partial charge in [-0.1, -0.05) is 23.8 Å². The predicted molar refractivity (Wildman–Crippen MR) is 98.8 cm³/mol. The van der Waals surface area contributed by atoms with Gasteiger partial charge in [0.25, 0.3) is 5.91 Å². The van der Waals surface area contributed by atoms with Crippen LogP contribution in [0.4, 0.5) is 0 Å². The molecule has 2 rings (SSSR count). The van der Waals surface area contributed by atoms with E-state index in [1.807, 2.05) is 31.2 Å². The molecule has 0 radical (unpaired) electrons. The smallest absolute Gasteiger partial charge is 0.260 e. The molecule has 0 heterocycles. The highest BCUT2D eigenvalue weighted by molar-refractivity contribution is 5.77. The van der Waals surface area contributed by atoms with E-state index >= 15 is 0 Å². The van der Waals surface area contributed by atoms with E-state index in [0.29, 0.717) is 22.8 Å². The number of carbonyl (C=O) groups excluding carboxylic acids is 1. The van der Waals surface area contributed by atoms with Gasteiger partial charge in [0.2, 0.25) is 0 Å². The van der Waals surface area contributed by atoms with Crippen LogP contribution in [0, 0.1) is 6.92 Å². The summed E-state index contributed by atoms with van der Waals surface area (Å²) < 4.78 is 15.9. The van der Waals surface area contributed by atoms with Gasteiger partial charge < -0.3 is 24.2 Å². The third-order valence-corrected chi connectivity index (χ3v) is 4.05. The Hall–Kier alpha value is -2.73. The number of hydrogen-bond donors (Lipinski definition) is 1. The zero-order valence-corrected chi connectivity index (χ0v) is 15.6. The van der Waals surface area contributed by atoms with Crippen LogP contribution in [0.15, 0.2) is 42.5 Å². The van der Waals surface area contributed by atoms with E-state index < -0.39 is 6.10 Å². The largest absolute Gasteiger partial charge is 0.493 e. The number of aliphatic hydroxyl groups excluding tert-OH is 1. The number of rotatable bonds is 8. The summed E-state index contributed by atoms with van der Waals surface area (Å²) in [5.41, 5.74) is 1.76. The predicted octanol–water partition coefficient (Wildman–Crippen LogP) is 2.58. The van der Waals surface area contributed by atoms with Crippen molar-refractivity contribution in [1.82, 2.24) is 4.90 Å². The Morgan fingerprint density at radius 1 is 1.08 bits per heavy atom. The molecule has 0 bridgehead atoms. The SMILES string of the molecule is COc1ccc(C(O)CN(C)C(=O)COc2ccc(C)cc2)cc1OC. The Bertz CT molecular complexity index is 729. The first kappa shape index (κ1) is 19.6. The summed E-state index contributed by atoms with van der Waals surface area (Å²) in [5, 5.41) is 10.4. The molecule has 0 saturated carbocycles. The van der Waals surface area contributed by atoms with Crippen LogP contribution in [0.2, 0.25) is 0 Å². The van der Waals surface area contributed by atoms with Crippen LogP contribution in [0.1, 0.15) is 17.2 Å². The van der Waals surface area contributed by atoms with Gasteiger partial charge in [0, 0.05) is 7.05 Å². The Morgan fingerprint density at radius 2 is 1.73 bits per heavy atom. The van der Waals surface area contributed by atoms with E-state index in [1.165, 1.54) is 12.0 Å². The van der Waals surface area contributed by atoms with Gasteiger partial charge in [-0.3, -0.25) is 4.79 Å². The fourth-order valence-electron chi connectivity index (χ4n) is 2.42. The molecule has 6 nitrogen and oxygen atoms in total. The molecule has 6 heteroatoms. The Labute approximate surface area is 153 Å². The van der Waals surface area contributed by atoms with E-state index in [0.717, 1.165) is 5.56 Å². The first-order chi connectivity index (χ1) is 12.4. The lowest BCUT2D eigenvalue weighted by Crippen LogP contribution is -2.34. The third-order valence-electron chi connectivity index (χ3n) is 4.05. The van der Waals surface area contributed by atoms with Gasteiger partial charge in [0.05, 0.1) is 26.9 Å². The molecule has 1 amide bonds. The molecule has 140 valence electrons. The van der Waals surface area contributed by atoms with Crippen molar-refractivity contribution in [2.75, 3.05) is 34.4 Å². The molecule has 0 aromatic heterocycles. The highest BCUT2D eigenvalue weighted by atomic mass is 16.5. The zero-order valence-electron chi connectivity index (χ0n) is 15.6. The zero-order chi connectivity index (χ0) is 19.1. The Kier molecular flexibility index (Phi) is 6.86. The monoisotopic (exact) mass is 359 g/mol.